The van der Waals surface area contributed by atoms with Gasteiger partial charge in [-0.2, -0.15) is 0 Å². The zero-order chi connectivity index (χ0) is 12.4. The smallest absolute Gasteiger partial charge is 0.339 e. The summed E-state index contributed by atoms with van der Waals surface area (Å²) < 4.78 is 0.861. The van der Waals surface area contributed by atoms with E-state index in [0.717, 1.165) is 4.47 Å². The highest BCUT2D eigenvalue weighted by atomic mass is 79.9. The lowest BCUT2D eigenvalue weighted by Crippen LogP contribution is -2.04. The van der Waals surface area contributed by atoms with E-state index in [2.05, 4.69) is 30.9 Å². The third-order valence-electron chi connectivity index (χ3n) is 2.17. The number of halogens is 1. The van der Waals surface area contributed by atoms with E-state index >= 15 is 0 Å². The van der Waals surface area contributed by atoms with Crippen molar-refractivity contribution in [3.05, 3.63) is 40.3 Å². The Balaban J connectivity index is 2.44. The molecule has 2 aromatic heterocycles. The molecule has 0 bridgehead atoms. The predicted octanol–water partition coefficient (Wildman–Crippen LogP) is 2.31. The molecular formula is C11H8BrN3O2. The Bertz CT molecular complexity index is 569. The van der Waals surface area contributed by atoms with Crippen molar-refractivity contribution >= 4 is 21.9 Å². The lowest BCUT2D eigenvalue weighted by Gasteiger charge is -2.03. The highest BCUT2D eigenvalue weighted by molar-refractivity contribution is 9.10. The van der Waals surface area contributed by atoms with E-state index in [1.807, 2.05) is 6.07 Å². The number of hydrogen-bond donors (Lipinski definition) is 1. The molecule has 0 aliphatic carbocycles. The van der Waals surface area contributed by atoms with Crippen LogP contribution >= 0.6 is 15.9 Å². The summed E-state index contributed by atoms with van der Waals surface area (Å²) in [5.74, 6) is -0.613. The largest absolute Gasteiger partial charge is 0.478 e. The van der Waals surface area contributed by atoms with Gasteiger partial charge in [-0.1, -0.05) is 0 Å². The van der Waals surface area contributed by atoms with Crippen molar-refractivity contribution in [3.63, 3.8) is 0 Å². The van der Waals surface area contributed by atoms with E-state index in [1.54, 1.807) is 19.2 Å². The second-order valence-corrected chi connectivity index (χ2v) is 4.28. The summed E-state index contributed by atoms with van der Waals surface area (Å²) in [5.41, 5.74) is 1.13. The van der Waals surface area contributed by atoms with Gasteiger partial charge in [0.15, 0.2) is 5.82 Å². The number of rotatable bonds is 2. The van der Waals surface area contributed by atoms with Crippen molar-refractivity contribution in [3.8, 4) is 11.5 Å². The van der Waals surface area contributed by atoms with Gasteiger partial charge in [0, 0.05) is 16.9 Å². The Hall–Kier alpha value is -1.82. The first-order chi connectivity index (χ1) is 8.08. The average Bonchev–Trinajstić information content (AvgIpc) is 2.29. The fourth-order valence-corrected chi connectivity index (χ4v) is 1.54. The molecule has 2 heterocycles. The molecule has 5 nitrogen and oxygen atoms in total. The van der Waals surface area contributed by atoms with E-state index in [-0.39, 0.29) is 5.56 Å². The van der Waals surface area contributed by atoms with Crippen molar-refractivity contribution in [2.75, 3.05) is 0 Å². The van der Waals surface area contributed by atoms with Gasteiger partial charge >= 0.3 is 5.97 Å². The van der Waals surface area contributed by atoms with Gasteiger partial charge < -0.3 is 5.11 Å². The highest BCUT2D eigenvalue weighted by Gasteiger charge is 2.11. The van der Waals surface area contributed by atoms with Gasteiger partial charge in [0.25, 0.3) is 0 Å². The summed E-state index contributed by atoms with van der Waals surface area (Å²) in [6.07, 6.45) is 2.93. The van der Waals surface area contributed by atoms with Crippen LogP contribution in [0.15, 0.2) is 29.0 Å². The zero-order valence-electron chi connectivity index (χ0n) is 8.88. The molecule has 0 fully saturated rings. The van der Waals surface area contributed by atoms with Crippen LogP contribution in [0.5, 0.6) is 0 Å². The number of hydrogen-bond acceptors (Lipinski definition) is 4. The van der Waals surface area contributed by atoms with Crippen LogP contribution in [0, 0.1) is 6.92 Å². The van der Waals surface area contributed by atoms with E-state index < -0.39 is 5.97 Å². The Kier molecular flexibility index (Phi) is 3.14. The molecule has 0 aromatic carbocycles. The third-order valence-corrected chi connectivity index (χ3v) is 2.64. The number of aryl methyl sites for hydroxylation is 1. The summed E-state index contributed by atoms with van der Waals surface area (Å²) in [6, 6.07) is 3.59. The summed E-state index contributed by atoms with van der Waals surface area (Å²) in [6.45, 7) is 1.63. The summed E-state index contributed by atoms with van der Waals surface area (Å²) in [4.78, 5) is 23.1. The molecule has 0 unspecified atom stereocenters. The number of nitrogens with zero attached hydrogens (tertiary/aromatic N) is 3. The minimum Gasteiger partial charge on any atom is -0.478 e. The first-order valence-corrected chi connectivity index (χ1v) is 5.56. The van der Waals surface area contributed by atoms with E-state index in [1.165, 1.54) is 6.20 Å². The topological polar surface area (TPSA) is 76.0 Å². The molecule has 0 aliphatic rings. The molecule has 1 N–H and O–H groups in total. The van der Waals surface area contributed by atoms with Gasteiger partial charge in [-0.3, -0.25) is 4.98 Å². The van der Waals surface area contributed by atoms with E-state index in [4.69, 9.17) is 5.11 Å². The van der Waals surface area contributed by atoms with Crippen LogP contribution < -0.4 is 0 Å². The minimum absolute atomic E-state index is 0.103. The Morgan fingerprint density at radius 1 is 1.29 bits per heavy atom. The Labute approximate surface area is 106 Å². The molecule has 2 aromatic rings. The van der Waals surface area contributed by atoms with Crippen LogP contribution in [-0.2, 0) is 0 Å². The van der Waals surface area contributed by atoms with Gasteiger partial charge in [0.2, 0.25) is 0 Å². The molecule has 0 aliphatic heterocycles. The minimum atomic E-state index is -1.03. The molecule has 6 heteroatoms. The molecule has 0 saturated carbocycles. The first kappa shape index (κ1) is 11.7. The lowest BCUT2D eigenvalue weighted by atomic mass is 10.2. The number of pyridine rings is 1. The molecule has 0 atom stereocenters. The molecule has 0 saturated heterocycles. The number of carboxylic acid groups (broad SMARTS) is 1. The number of carbonyl (C=O) groups is 1. The van der Waals surface area contributed by atoms with Crippen LogP contribution in [0.25, 0.3) is 11.5 Å². The fourth-order valence-electron chi connectivity index (χ4n) is 1.31. The number of aromatic carboxylic acids is 1. The standard InChI is InChI=1S/C11H8BrN3O2/c1-6-8(11(16)17)5-14-10(15-6)9-3-2-7(12)4-13-9/h2-5H,1H3,(H,16,17). The average molecular weight is 294 g/mol. The molecule has 0 radical (unpaired) electrons. The molecule has 0 amide bonds. The number of carboxylic acids is 1. The highest BCUT2D eigenvalue weighted by Crippen LogP contribution is 2.16. The van der Waals surface area contributed by atoms with Crippen LogP contribution in [0.1, 0.15) is 16.1 Å². The second-order valence-electron chi connectivity index (χ2n) is 3.36. The molecule has 86 valence electrons. The third kappa shape index (κ3) is 2.47. The van der Waals surface area contributed by atoms with E-state index in [9.17, 15) is 4.79 Å². The van der Waals surface area contributed by atoms with Crippen molar-refractivity contribution < 1.29 is 9.90 Å². The summed E-state index contributed by atoms with van der Waals surface area (Å²) >= 11 is 3.28. The van der Waals surface area contributed by atoms with Crippen molar-refractivity contribution in [1.82, 2.24) is 15.0 Å². The normalized spacial score (nSPS) is 10.2. The second kappa shape index (κ2) is 4.58. The van der Waals surface area contributed by atoms with Gasteiger partial charge in [0.1, 0.15) is 5.69 Å². The summed E-state index contributed by atoms with van der Waals surface area (Å²) in [5, 5.41) is 8.86. The van der Waals surface area contributed by atoms with Gasteiger partial charge in [0.05, 0.1) is 11.3 Å². The van der Waals surface area contributed by atoms with Crippen molar-refractivity contribution in [2.24, 2.45) is 0 Å². The Morgan fingerprint density at radius 3 is 2.59 bits per heavy atom. The van der Waals surface area contributed by atoms with Crippen LogP contribution in [-0.4, -0.2) is 26.0 Å². The van der Waals surface area contributed by atoms with Crippen LogP contribution in [0.2, 0.25) is 0 Å². The summed E-state index contributed by atoms with van der Waals surface area (Å²) in [7, 11) is 0. The maximum Gasteiger partial charge on any atom is 0.339 e. The van der Waals surface area contributed by atoms with Gasteiger partial charge in [-0.25, -0.2) is 14.8 Å². The zero-order valence-corrected chi connectivity index (χ0v) is 10.5. The molecular weight excluding hydrogens is 286 g/mol. The quantitative estimate of drug-likeness (QED) is 0.919. The molecule has 17 heavy (non-hydrogen) atoms. The maximum absolute atomic E-state index is 10.8. The number of aromatic nitrogens is 3. The first-order valence-electron chi connectivity index (χ1n) is 4.77. The van der Waals surface area contributed by atoms with Gasteiger partial charge in [-0.15, -0.1) is 0 Å². The monoisotopic (exact) mass is 293 g/mol. The van der Waals surface area contributed by atoms with Crippen molar-refractivity contribution in [1.29, 1.82) is 0 Å². The predicted molar refractivity (Wildman–Crippen MR) is 64.7 cm³/mol. The lowest BCUT2D eigenvalue weighted by molar-refractivity contribution is 0.0695. The van der Waals surface area contributed by atoms with Crippen LogP contribution in [0.3, 0.4) is 0 Å². The molecule has 2 rings (SSSR count). The Morgan fingerprint density at radius 2 is 2.06 bits per heavy atom. The van der Waals surface area contributed by atoms with Gasteiger partial charge in [-0.05, 0) is 35.0 Å². The SMILES string of the molecule is Cc1nc(-c2ccc(Br)cn2)ncc1C(=O)O. The van der Waals surface area contributed by atoms with E-state index in [0.29, 0.717) is 17.2 Å². The molecule has 0 spiro atoms. The fraction of sp³-hybridized carbons (Fsp3) is 0.0909. The van der Waals surface area contributed by atoms with Crippen molar-refractivity contribution in [2.45, 2.75) is 6.92 Å². The van der Waals surface area contributed by atoms with Crippen LogP contribution in [0.4, 0.5) is 0 Å². The maximum atomic E-state index is 10.8.